The number of carbonyl (C=O) groups is 1. The van der Waals surface area contributed by atoms with E-state index in [9.17, 15) is 13.2 Å². The topological polar surface area (TPSA) is 66.5 Å². The number of carbonyl (C=O) groups excluding carboxylic acids is 1. The van der Waals surface area contributed by atoms with E-state index in [1.807, 2.05) is 4.90 Å². The van der Waals surface area contributed by atoms with E-state index in [1.54, 1.807) is 24.3 Å². The van der Waals surface area contributed by atoms with E-state index >= 15 is 0 Å². The zero-order valence-corrected chi connectivity index (χ0v) is 11.7. The van der Waals surface area contributed by atoms with Crippen LogP contribution in [-0.2, 0) is 21.2 Å². The van der Waals surface area contributed by atoms with E-state index in [0.29, 0.717) is 12.1 Å². The van der Waals surface area contributed by atoms with Crippen LogP contribution in [0.3, 0.4) is 0 Å². The van der Waals surface area contributed by atoms with Crippen LogP contribution in [0, 0.1) is 0 Å². The van der Waals surface area contributed by atoms with E-state index in [0.717, 1.165) is 37.8 Å². The van der Waals surface area contributed by atoms with Crippen LogP contribution in [0.1, 0.15) is 18.4 Å². The second-order valence-corrected chi connectivity index (χ2v) is 6.58. The Labute approximate surface area is 113 Å². The minimum atomic E-state index is -3.25. The molecule has 5 nitrogen and oxygen atoms in total. The number of hydrogen-bond acceptors (Lipinski definition) is 3. The Hall–Kier alpha value is -1.56. The molecule has 0 aromatic heterocycles. The summed E-state index contributed by atoms with van der Waals surface area (Å²) in [5, 5.41) is 0. The number of hydrogen-bond donors (Lipinski definition) is 1. The summed E-state index contributed by atoms with van der Waals surface area (Å²) < 4.78 is 24.5. The van der Waals surface area contributed by atoms with Crippen molar-refractivity contribution in [2.75, 3.05) is 24.1 Å². The third-order valence-electron chi connectivity index (χ3n) is 3.07. The zero-order valence-electron chi connectivity index (χ0n) is 10.9. The normalized spacial score (nSPS) is 15.5. The third kappa shape index (κ3) is 4.24. The molecule has 0 unspecified atom stereocenters. The fraction of sp³-hybridized carbons (Fsp3) is 0.462. The van der Waals surface area contributed by atoms with Gasteiger partial charge in [-0.15, -0.1) is 0 Å². The fourth-order valence-electron chi connectivity index (χ4n) is 2.16. The van der Waals surface area contributed by atoms with Gasteiger partial charge in [-0.25, -0.2) is 8.42 Å². The summed E-state index contributed by atoms with van der Waals surface area (Å²) in [5.74, 6) is 0.140. The summed E-state index contributed by atoms with van der Waals surface area (Å²) >= 11 is 0. The van der Waals surface area contributed by atoms with Gasteiger partial charge in [0, 0.05) is 18.8 Å². The molecule has 0 aliphatic carbocycles. The van der Waals surface area contributed by atoms with Crippen LogP contribution in [0.25, 0.3) is 0 Å². The van der Waals surface area contributed by atoms with Crippen LogP contribution in [0.2, 0.25) is 0 Å². The fourth-order valence-corrected chi connectivity index (χ4v) is 2.72. The first-order valence-electron chi connectivity index (χ1n) is 6.28. The highest BCUT2D eigenvalue weighted by molar-refractivity contribution is 7.92. The van der Waals surface area contributed by atoms with Crippen molar-refractivity contribution < 1.29 is 13.2 Å². The van der Waals surface area contributed by atoms with E-state index < -0.39 is 10.0 Å². The van der Waals surface area contributed by atoms with Crippen molar-refractivity contribution in [3.63, 3.8) is 0 Å². The lowest BCUT2D eigenvalue weighted by Crippen LogP contribution is -2.29. The van der Waals surface area contributed by atoms with Crippen molar-refractivity contribution in [2.45, 2.75) is 19.3 Å². The van der Waals surface area contributed by atoms with Gasteiger partial charge in [0.05, 0.1) is 12.7 Å². The molecule has 1 N–H and O–H groups in total. The Bertz CT molecular complexity index is 546. The molecule has 104 valence electrons. The molecule has 0 radical (unpaired) electrons. The quantitative estimate of drug-likeness (QED) is 0.903. The smallest absolute Gasteiger partial charge is 0.229 e. The molecule has 2 rings (SSSR count). The number of benzene rings is 1. The van der Waals surface area contributed by atoms with Gasteiger partial charge in [0.25, 0.3) is 0 Å². The lowest BCUT2D eigenvalue weighted by molar-refractivity contribution is -0.129. The number of anilines is 1. The monoisotopic (exact) mass is 282 g/mol. The first-order chi connectivity index (χ1) is 8.94. The molecular weight excluding hydrogens is 264 g/mol. The molecule has 6 heteroatoms. The molecular formula is C13H18N2O3S. The molecule has 19 heavy (non-hydrogen) atoms. The summed E-state index contributed by atoms with van der Waals surface area (Å²) in [6, 6.07) is 6.91. The molecule has 0 atom stereocenters. The number of rotatable bonds is 4. The van der Waals surface area contributed by atoms with Crippen LogP contribution in [0.5, 0.6) is 0 Å². The lowest BCUT2D eigenvalue weighted by Gasteiger charge is -2.15. The molecule has 1 aliphatic heterocycles. The summed E-state index contributed by atoms with van der Waals surface area (Å²) in [6.07, 6.45) is 3.66. The predicted molar refractivity (Wildman–Crippen MR) is 74.4 cm³/mol. The van der Waals surface area contributed by atoms with Crippen molar-refractivity contribution in [3.05, 3.63) is 29.8 Å². The molecule has 0 spiro atoms. The Morgan fingerprint density at radius 1 is 1.21 bits per heavy atom. The summed E-state index contributed by atoms with van der Waals surface area (Å²) in [6.45, 7) is 1.71. The highest BCUT2D eigenvalue weighted by Crippen LogP contribution is 2.14. The molecule has 1 aromatic rings. The maximum atomic E-state index is 11.9. The molecule has 1 fully saturated rings. The minimum Gasteiger partial charge on any atom is -0.342 e. The molecule has 1 saturated heterocycles. The van der Waals surface area contributed by atoms with E-state index in [-0.39, 0.29) is 5.91 Å². The van der Waals surface area contributed by atoms with Crippen LogP contribution in [0.4, 0.5) is 5.69 Å². The first kappa shape index (κ1) is 13.9. The lowest BCUT2D eigenvalue weighted by atomic mass is 10.1. The third-order valence-corrected chi connectivity index (χ3v) is 3.68. The van der Waals surface area contributed by atoms with Gasteiger partial charge >= 0.3 is 0 Å². The molecule has 1 heterocycles. The van der Waals surface area contributed by atoms with Crippen molar-refractivity contribution in [1.82, 2.24) is 4.90 Å². The van der Waals surface area contributed by atoms with Crippen molar-refractivity contribution in [2.24, 2.45) is 0 Å². The molecule has 0 bridgehead atoms. The molecule has 1 amide bonds. The van der Waals surface area contributed by atoms with Crippen molar-refractivity contribution in [3.8, 4) is 0 Å². The second kappa shape index (κ2) is 5.61. The zero-order chi connectivity index (χ0) is 13.9. The molecule has 0 saturated carbocycles. The van der Waals surface area contributed by atoms with Gasteiger partial charge < -0.3 is 4.90 Å². The van der Waals surface area contributed by atoms with Crippen molar-refractivity contribution >= 4 is 21.6 Å². The Morgan fingerprint density at radius 2 is 1.79 bits per heavy atom. The van der Waals surface area contributed by atoms with Gasteiger partial charge in [-0.2, -0.15) is 0 Å². The predicted octanol–water partition coefficient (Wildman–Crippen LogP) is 1.22. The van der Waals surface area contributed by atoms with Crippen LogP contribution < -0.4 is 4.72 Å². The standard InChI is InChI=1S/C13H18N2O3S/c1-19(17,18)14-12-6-4-11(5-7-12)10-13(16)15-8-2-3-9-15/h4-7,14H,2-3,8-10H2,1H3. The van der Waals surface area contributed by atoms with E-state index in [2.05, 4.69) is 4.72 Å². The Balaban J connectivity index is 1.96. The van der Waals surface area contributed by atoms with Gasteiger partial charge in [-0.3, -0.25) is 9.52 Å². The number of nitrogens with one attached hydrogen (secondary N) is 1. The summed E-state index contributed by atoms with van der Waals surface area (Å²) in [4.78, 5) is 13.8. The van der Waals surface area contributed by atoms with Crippen LogP contribution in [-0.4, -0.2) is 38.6 Å². The molecule has 1 aromatic carbocycles. The first-order valence-corrected chi connectivity index (χ1v) is 8.18. The average molecular weight is 282 g/mol. The number of amides is 1. The van der Waals surface area contributed by atoms with Crippen molar-refractivity contribution in [1.29, 1.82) is 0 Å². The highest BCUT2D eigenvalue weighted by Gasteiger charge is 2.17. The van der Waals surface area contributed by atoms with Crippen LogP contribution >= 0.6 is 0 Å². The minimum absolute atomic E-state index is 0.140. The van der Waals surface area contributed by atoms with Gasteiger partial charge in [0.2, 0.25) is 15.9 Å². The number of likely N-dealkylation sites (tertiary alicyclic amines) is 1. The number of nitrogens with zero attached hydrogens (tertiary/aromatic N) is 1. The SMILES string of the molecule is CS(=O)(=O)Nc1ccc(CC(=O)N2CCCC2)cc1. The van der Waals surface area contributed by atoms with Gasteiger partial charge in [0.1, 0.15) is 0 Å². The van der Waals surface area contributed by atoms with Gasteiger partial charge in [-0.05, 0) is 30.5 Å². The average Bonchev–Trinajstić information content (AvgIpc) is 2.83. The van der Waals surface area contributed by atoms with E-state index in [1.165, 1.54) is 0 Å². The maximum Gasteiger partial charge on any atom is 0.229 e. The summed E-state index contributed by atoms with van der Waals surface area (Å²) in [7, 11) is -3.25. The number of sulfonamides is 1. The van der Waals surface area contributed by atoms with E-state index in [4.69, 9.17) is 0 Å². The Morgan fingerprint density at radius 3 is 2.32 bits per heavy atom. The highest BCUT2D eigenvalue weighted by atomic mass is 32.2. The van der Waals surface area contributed by atoms with Crippen LogP contribution in [0.15, 0.2) is 24.3 Å². The maximum absolute atomic E-state index is 11.9. The largest absolute Gasteiger partial charge is 0.342 e. The molecule has 1 aliphatic rings. The Kier molecular flexibility index (Phi) is 4.09. The second-order valence-electron chi connectivity index (χ2n) is 4.84. The summed E-state index contributed by atoms with van der Waals surface area (Å²) in [5.41, 5.74) is 1.41. The van der Waals surface area contributed by atoms with Gasteiger partial charge in [0.15, 0.2) is 0 Å². The van der Waals surface area contributed by atoms with Gasteiger partial charge in [-0.1, -0.05) is 12.1 Å².